The van der Waals surface area contributed by atoms with Gasteiger partial charge in [0.05, 0.1) is 5.41 Å². The quantitative estimate of drug-likeness (QED) is 0.908. The normalized spacial score (nSPS) is 22.7. The number of carboxylic acids is 1. The fourth-order valence-corrected chi connectivity index (χ4v) is 3.81. The lowest BCUT2D eigenvalue weighted by Crippen LogP contribution is -2.45. The molecule has 0 bridgehead atoms. The summed E-state index contributed by atoms with van der Waals surface area (Å²) in [6.07, 6.45) is 4.78. The van der Waals surface area contributed by atoms with Crippen molar-refractivity contribution in [1.82, 2.24) is 4.90 Å². The van der Waals surface area contributed by atoms with Crippen LogP contribution < -0.4 is 0 Å². The highest BCUT2D eigenvalue weighted by molar-refractivity contribution is 5.91. The molecule has 124 valence electrons. The number of amides is 1. The third-order valence-corrected chi connectivity index (χ3v) is 5.30. The second-order valence-electron chi connectivity index (χ2n) is 7.14. The zero-order valence-electron chi connectivity index (χ0n) is 13.8. The zero-order valence-corrected chi connectivity index (χ0v) is 13.8. The van der Waals surface area contributed by atoms with Crippen molar-refractivity contribution < 1.29 is 14.7 Å². The number of carboxylic acid groups (broad SMARTS) is 1. The lowest BCUT2D eigenvalue weighted by molar-refractivity contribution is -0.137. The molecule has 1 aliphatic carbocycles. The number of likely N-dealkylation sites (tertiary alicyclic amines) is 1. The average Bonchev–Trinajstić information content (AvgIpc) is 3.34. The van der Waals surface area contributed by atoms with Crippen molar-refractivity contribution in [1.29, 1.82) is 0 Å². The number of piperidine rings is 1. The highest BCUT2D eigenvalue weighted by atomic mass is 16.4. The van der Waals surface area contributed by atoms with E-state index in [2.05, 4.69) is 25.1 Å². The molecule has 4 nitrogen and oxygen atoms in total. The van der Waals surface area contributed by atoms with Gasteiger partial charge in [0, 0.05) is 19.5 Å². The van der Waals surface area contributed by atoms with Gasteiger partial charge in [-0.2, -0.15) is 0 Å². The molecular formula is C19H25NO3. The summed E-state index contributed by atoms with van der Waals surface area (Å²) in [4.78, 5) is 25.8. The van der Waals surface area contributed by atoms with Gasteiger partial charge in [0.1, 0.15) is 0 Å². The van der Waals surface area contributed by atoms with E-state index in [-0.39, 0.29) is 17.7 Å². The number of aryl methyl sites for hydroxylation is 1. The molecule has 1 saturated carbocycles. The Morgan fingerprint density at radius 1 is 1.35 bits per heavy atom. The van der Waals surface area contributed by atoms with Crippen molar-refractivity contribution in [2.45, 2.75) is 50.9 Å². The number of carbonyl (C=O) groups is 2. The van der Waals surface area contributed by atoms with Gasteiger partial charge in [-0.25, -0.2) is 0 Å². The lowest BCUT2D eigenvalue weighted by Gasteiger charge is -2.35. The highest BCUT2D eigenvalue weighted by Gasteiger charge is 2.53. The van der Waals surface area contributed by atoms with Crippen molar-refractivity contribution in [3.05, 3.63) is 35.4 Å². The molecule has 1 N–H and O–H groups in total. The van der Waals surface area contributed by atoms with Crippen LogP contribution in [0.5, 0.6) is 0 Å². The Labute approximate surface area is 137 Å². The number of hydrogen-bond donors (Lipinski definition) is 1. The molecule has 0 aromatic heterocycles. The fraction of sp³-hybridized carbons (Fsp3) is 0.579. The molecule has 23 heavy (non-hydrogen) atoms. The number of nitrogens with zero attached hydrogens (tertiary/aromatic N) is 1. The van der Waals surface area contributed by atoms with Crippen molar-refractivity contribution in [3.8, 4) is 0 Å². The molecule has 2 fully saturated rings. The predicted molar refractivity (Wildman–Crippen MR) is 88.3 cm³/mol. The minimum Gasteiger partial charge on any atom is -0.481 e. The molecule has 1 atom stereocenters. The first-order valence-corrected chi connectivity index (χ1v) is 8.59. The average molecular weight is 315 g/mol. The third kappa shape index (κ3) is 3.41. The summed E-state index contributed by atoms with van der Waals surface area (Å²) >= 11 is 0. The molecule has 4 heteroatoms. The molecule has 1 saturated heterocycles. The Hall–Kier alpha value is -1.84. The van der Waals surface area contributed by atoms with E-state index in [1.54, 1.807) is 0 Å². The first-order valence-electron chi connectivity index (χ1n) is 8.59. The third-order valence-electron chi connectivity index (χ3n) is 5.30. The van der Waals surface area contributed by atoms with E-state index in [0.717, 1.165) is 44.3 Å². The maximum atomic E-state index is 13.1. The van der Waals surface area contributed by atoms with Gasteiger partial charge in [-0.05, 0) is 50.5 Å². The van der Waals surface area contributed by atoms with Gasteiger partial charge in [-0.15, -0.1) is 0 Å². The van der Waals surface area contributed by atoms with E-state index in [1.165, 1.54) is 5.56 Å². The van der Waals surface area contributed by atoms with Crippen LogP contribution in [-0.4, -0.2) is 35.0 Å². The van der Waals surface area contributed by atoms with Crippen LogP contribution in [0.4, 0.5) is 0 Å². The molecule has 1 unspecified atom stereocenters. The molecule has 2 aliphatic rings. The Bertz CT molecular complexity index is 606. The molecule has 3 rings (SSSR count). The number of rotatable bonds is 5. The van der Waals surface area contributed by atoms with E-state index in [9.17, 15) is 9.59 Å². The molecule has 1 aliphatic heterocycles. The summed E-state index contributed by atoms with van der Waals surface area (Å²) in [6.45, 7) is 3.60. The second kappa shape index (κ2) is 6.34. The van der Waals surface area contributed by atoms with Gasteiger partial charge in [-0.1, -0.05) is 29.8 Å². The van der Waals surface area contributed by atoms with Gasteiger partial charge in [0.25, 0.3) is 0 Å². The van der Waals surface area contributed by atoms with Crippen molar-refractivity contribution in [2.75, 3.05) is 13.1 Å². The van der Waals surface area contributed by atoms with Gasteiger partial charge in [-0.3, -0.25) is 9.59 Å². The Kier molecular flexibility index (Phi) is 4.42. The van der Waals surface area contributed by atoms with Gasteiger partial charge in [0.15, 0.2) is 0 Å². The van der Waals surface area contributed by atoms with Crippen LogP contribution in [-0.2, 0) is 15.0 Å². The largest absolute Gasteiger partial charge is 0.481 e. The van der Waals surface area contributed by atoms with Gasteiger partial charge >= 0.3 is 5.97 Å². The number of aliphatic carboxylic acids is 1. The predicted octanol–water partition coefficient (Wildman–Crippen LogP) is 3.13. The number of benzene rings is 1. The zero-order chi connectivity index (χ0) is 16.4. The summed E-state index contributed by atoms with van der Waals surface area (Å²) < 4.78 is 0. The summed E-state index contributed by atoms with van der Waals surface area (Å²) in [5, 5.41) is 8.85. The first-order chi connectivity index (χ1) is 11.0. The minimum absolute atomic E-state index is 0.204. The number of carbonyl (C=O) groups excluding carboxylic acids is 1. The summed E-state index contributed by atoms with van der Waals surface area (Å²) in [5.74, 6) is -0.160. The Balaban J connectivity index is 1.69. The van der Waals surface area contributed by atoms with Crippen molar-refractivity contribution in [3.63, 3.8) is 0 Å². The lowest BCUT2D eigenvalue weighted by atomic mass is 9.89. The monoisotopic (exact) mass is 315 g/mol. The second-order valence-corrected chi connectivity index (χ2v) is 7.14. The van der Waals surface area contributed by atoms with Crippen molar-refractivity contribution >= 4 is 11.9 Å². The minimum atomic E-state index is -0.744. The Morgan fingerprint density at radius 3 is 2.78 bits per heavy atom. The van der Waals surface area contributed by atoms with Gasteiger partial charge in [0.2, 0.25) is 5.91 Å². The molecule has 1 aromatic carbocycles. The van der Waals surface area contributed by atoms with E-state index < -0.39 is 5.97 Å². The molecule has 1 amide bonds. The maximum absolute atomic E-state index is 13.1. The van der Waals surface area contributed by atoms with E-state index in [1.807, 2.05) is 11.0 Å². The van der Waals surface area contributed by atoms with Crippen LogP contribution in [0, 0.1) is 12.8 Å². The molecule has 1 heterocycles. The van der Waals surface area contributed by atoms with Crippen LogP contribution in [0.3, 0.4) is 0 Å². The highest BCUT2D eigenvalue weighted by Crippen LogP contribution is 2.50. The first kappa shape index (κ1) is 16.0. The number of hydrogen-bond acceptors (Lipinski definition) is 2. The van der Waals surface area contributed by atoms with Crippen LogP contribution in [0.2, 0.25) is 0 Å². The standard InChI is InChI=1S/C19H25NO3/c1-14-4-2-6-16(12-14)19(9-10-19)18(23)20-11-3-5-15(13-20)7-8-17(21)22/h2,4,6,12,15H,3,5,7-11,13H2,1H3,(H,21,22). The van der Waals surface area contributed by atoms with Gasteiger partial charge < -0.3 is 10.0 Å². The molecule has 0 radical (unpaired) electrons. The Morgan fingerprint density at radius 2 is 2.13 bits per heavy atom. The molecule has 0 spiro atoms. The van der Waals surface area contributed by atoms with Crippen LogP contribution in [0.15, 0.2) is 24.3 Å². The fourth-order valence-electron chi connectivity index (χ4n) is 3.81. The summed E-state index contributed by atoms with van der Waals surface area (Å²) in [5.41, 5.74) is 2.04. The molecule has 1 aromatic rings. The summed E-state index contributed by atoms with van der Waals surface area (Å²) in [7, 11) is 0. The van der Waals surface area contributed by atoms with E-state index >= 15 is 0 Å². The van der Waals surface area contributed by atoms with Crippen LogP contribution >= 0.6 is 0 Å². The SMILES string of the molecule is Cc1cccc(C2(C(=O)N3CCCC(CCC(=O)O)C3)CC2)c1. The summed E-state index contributed by atoms with van der Waals surface area (Å²) in [6, 6.07) is 8.30. The van der Waals surface area contributed by atoms with Crippen molar-refractivity contribution in [2.24, 2.45) is 5.92 Å². The van der Waals surface area contributed by atoms with E-state index in [0.29, 0.717) is 12.3 Å². The smallest absolute Gasteiger partial charge is 0.303 e. The van der Waals surface area contributed by atoms with Crippen LogP contribution in [0.25, 0.3) is 0 Å². The molecular weight excluding hydrogens is 290 g/mol. The maximum Gasteiger partial charge on any atom is 0.303 e. The van der Waals surface area contributed by atoms with E-state index in [4.69, 9.17) is 5.11 Å². The van der Waals surface area contributed by atoms with Crippen LogP contribution in [0.1, 0.15) is 49.7 Å². The topological polar surface area (TPSA) is 57.6 Å².